The third kappa shape index (κ3) is 9.73. The molecule has 0 aliphatic carbocycles. The zero-order chi connectivity index (χ0) is 18.6. The van der Waals surface area contributed by atoms with Crippen molar-refractivity contribution >= 4 is 29.9 Å². The first kappa shape index (κ1) is 24.1. The SMILES string of the molecule is CN=C(NCCC(C)N(C)Cc1ccccc1)NCCN1CCOCC1.I. The van der Waals surface area contributed by atoms with Crippen LogP contribution < -0.4 is 10.6 Å². The second kappa shape index (κ2) is 14.1. The monoisotopic (exact) mass is 489 g/mol. The highest BCUT2D eigenvalue weighted by molar-refractivity contribution is 14.0. The number of guanidine groups is 1. The zero-order valence-electron chi connectivity index (χ0n) is 17.0. The second-order valence-corrected chi connectivity index (χ2v) is 6.92. The first-order chi connectivity index (χ1) is 12.7. The van der Waals surface area contributed by atoms with Gasteiger partial charge in [0.25, 0.3) is 0 Å². The van der Waals surface area contributed by atoms with E-state index in [1.165, 1.54) is 5.56 Å². The van der Waals surface area contributed by atoms with Gasteiger partial charge in [0.05, 0.1) is 13.2 Å². The Morgan fingerprint density at radius 3 is 2.52 bits per heavy atom. The summed E-state index contributed by atoms with van der Waals surface area (Å²) in [5.41, 5.74) is 1.36. The predicted molar refractivity (Wildman–Crippen MR) is 124 cm³/mol. The second-order valence-electron chi connectivity index (χ2n) is 6.92. The van der Waals surface area contributed by atoms with Crippen molar-refractivity contribution in [3.8, 4) is 0 Å². The van der Waals surface area contributed by atoms with E-state index in [1.807, 2.05) is 7.05 Å². The lowest BCUT2D eigenvalue weighted by molar-refractivity contribution is 0.0389. The lowest BCUT2D eigenvalue weighted by atomic mass is 10.1. The van der Waals surface area contributed by atoms with Gasteiger partial charge in [-0.25, -0.2) is 0 Å². The van der Waals surface area contributed by atoms with Crippen LogP contribution >= 0.6 is 24.0 Å². The fourth-order valence-electron chi connectivity index (χ4n) is 3.02. The van der Waals surface area contributed by atoms with E-state index in [0.717, 1.165) is 64.9 Å². The molecule has 1 fully saturated rings. The van der Waals surface area contributed by atoms with E-state index in [1.54, 1.807) is 0 Å². The Morgan fingerprint density at radius 1 is 1.19 bits per heavy atom. The van der Waals surface area contributed by atoms with Crippen LogP contribution in [0.4, 0.5) is 0 Å². The number of benzene rings is 1. The van der Waals surface area contributed by atoms with Gasteiger partial charge in [0.15, 0.2) is 5.96 Å². The van der Waals surface area contributed by atoms with Crippen LogP contribution in [0.1, 0.15) is 18.9 Å². The van der Waals surface area contributed by atoms with Gasteiger partial charge < -0.3 is 15.4 Å². The van der Waals surface area contributed by atoms with Crippen molar-refractivity contribution in [3.63, 3.8) is 0 Å². The fraction of sp³-hybridized carbons (Fsp3) is 0.650. The largest absolute Gasteiger partial charge is 0.379 e. The summed E-state index contributed by atoms with van der Waals surface area (Å²) in [6, 6.07) is 11.1. The lowest BCUT2D eigenvalue weighted by Gasteiger charge is -2.27. The molecule has 1 aliphatic heterocycles. The number of ether oxygens (including phenoxy) is 1. The Bertz CT molecular complexity index is 522. The first-order valence-electron chi connectivity index (χ1n) is 9.68. The third-order valence-corrected chi connectivity index (χ3v) is 4.93. The highest BCUT2D eigenvalue weighted by Gasteiger charge is 2.11. The smallest absolute Gasteiger partial charge is 0.191 e. The Morgan fingerprint density at radius 2 is 1.85 bits per heavy atom. The molecule has 1 atom stereocenters. The summed E-state index contributed by atoms with van der Waals surface area (Å²) in [6.07, 6.45) is 1.08. The van der Waals surface area contributed by atoms with E-state index < -0.39 is 0 Å². The highest BCUT2D eigenvalue weighted by atomic mass is 127. The molecule has 0 spiro atoms. The number of nitrogens with zero attached hydrogens (tertiary/aromatic N) is 3. The number of aliphatic imine (C=N–C) groups is 1. The molecule has 1 aliphatic rings. The maximum atomic E-state index is 5.38. The van der Waals surface area contributed by atoms with Gasteiger partial charge in [0.1, 0.15) is 0 Å². The molecule has 0 saturated carbocycles. The number of hydrogen-bond donors (Lipinski definition) is 2. The molecule has 1 aromatic carbocycles. The summed E-state index contributed by atoms with van der Waals surface area (Å²) in [4.78, 5) is 9.13. The third-order valence-electron chi connectivity index (χ3n) is 4.93. The van der Waals surface area contributed by atoms with Gasteiger partial charge in [-0.1, -0.05) is 30.3 Å². The van der Waals surface area contributed by atoms with E-state index in [9.17, 15) is 0 Å². The lowest BCUT2D eigenvalue weighted by Crippen LogP contribution is -2.45. The Kier molecular flexibility index (Phi) is 12.6. The van der Waals surface area contributed by atoms with Crippen LogP contribution in [0, 0.1) is 0 Å². The van der Waals surface area contributed by atoms with Crippen molar-refractivity contribution in [1.82, 2.24) is 20.4 Å². The van der Waals surface area contributed by atoms with Crippen LogP contribution in [0.15, 0.2) is 35.3 Å². The number of nitrogens with one attached hydrogen (secondary N) is 2. The molecule has 7 heteroatoms. The standard InChI is InChI=1S/C20H35N5O.HI/c1-18(24(3)17-19-7-5-4-6-8-19)9-10-22-20(21-2)23-11-12-25-13-15-26-16-14-25;/h4-8,18H,9-17H2,1-3H3,(H2,21,22,23);1H. The molecule has 2 N–H and O–H groups in total. The van der Waals surface area contributed by atoms with Gasteiger partial charge >= 0.3 is 0 Å². The van der Waals surface area contributed by atoms with Gasteiger partial charge in [-0.2, -0.15) is 0 Å². The Balaban J connectivity index is 0.00000364. The van der Waals surface area contributed by atoms with Crippen molar-refractivity contribution in [2.75, 3.05) is 60.0 Å². The van der Waals surface area contributed by atoms with Gasteiger partial charge in [0, 0.05) is 52.4 Å². The fourth-order valence-corrected chi connectivity index (χ4v) is 3.02. The normalized spacial score (nSPS) is 16.7. The summed E-state index contributed by atoms with van der Waals surface area (Å²) in [5.74, 6) is 0.885. The molecule has 0 amide bonds. The summed E-state index contributed by atoms with van der Waals surface area (Å²) in [6.45, 7) is 9.86. The summed E-state index contributed by atoms with van der Waals surface area (Å²) >= 11 is 0. The van der Waals surface area contributed by atoms with Crippen molar-refractivity contribution in [1.29, 1.82) is 0 Å². The molecule has 0 aromatic heterocycles. The summed E-state index contributed by atoms with van der Waals surface area (Å²) < 4.78 is 5.38. The molecule has 1 heterocycles. The summed E-state index contributed by atoms with van der Waals surface area (Å²) in [7, 11) is 4.02. The van der Waals surface area contributed by atoms with E-state index in [4.69, 9.17) is 4.74 Å². The van der Waals surface area contributed by atoms with Crippen LogP contribution in [0.25, 0.3) is 0 Å². The van der Waals surface area contributed by atoms with Crippen molar-refractivity contribution in [2.24, 2.45) is 4.99 Å². The number of morpholine rings is 1. The van der Waals surface area contributed by atoms with E-state index in [-0.39, 0.29) is 24.0 Å². The predicted octanol–water partition coefficient (Wildman–Crippen LogP) is 2.01. The summed E-state index contributed by atoms with van der Waals surface area (Å²) in [5, 5.41) is 6.83. The maximum Gasteiger partial charge on any atom is 0.191 e. The number of rotatable bonds is 9. The van der Waals surface area contributed by atoms with Crippen LogP contribution in [0.2, 0.25) is 0 Å². The average molecular weight is 489 g/mol. The Hall–Kier alpha value is -0.900. The van der Waals surface area contributed by atoms with E-state index in [0.29, 0.717) is 6.04 Å². The molecular formula is C20H36IN5O. The van der Waals surface area contributed by atoms with Crippen molar-refractivity contribution < 1.29 is 4.74 Å². The van der Waals surface area contributed by atoms with Crippen molar-refractivity contribution in [2.45, 2.75) is 25.9 Å². The van der Waals surface area contributed by atoms with E-state index >= 15 is 0 Å². The average Bonchev–Trinajstić information content (AvgIpc) is 2.68. The minimum Gasteiger partial charge on any atom is -0.379 e. The minimum atomic E-state index is 0. The maximum absolute atomic E-state index is 5.38. The zero-order valence-corrected chi connectivity index (χ0v) is 19.3. The van der Waals surface area contributed by atoms with Crippen molar-refractivity contribution in [3.05, 3.63) is 35.9 Å². The van der Waals surface area contributed by atoms with Crippen LogP contribution in [-0.2, 0) is 11.3 Å². The first-order valence-corrected chi connectivity index (χ1v) is 9.68. The number of hydrogen-bond acceptors (Lipinski definition) is 4. The molecular weight excluding hydrogens is 453 g/mol. The van der Waals surface area contributed by atoms with Crippen LogP contribution in [0.5, 0.6) is 0 Å². The molecule has 1 aromatic rings. The van der Waals surface area contributed by atoms with Gasteiger partial charge in [0.2, 0.25) is 0 Å². The molecule has 2 rings (SSSR count). The molecule has 154 valence electrons. The molecule has 1 saturated heterocycles. The topological polar surface area (TPSA) is 52.1 Å². The number of halogens is 1. The van der Waals surface area contributed by atoms with Gasteiger partial charge in [-0.15, -0.1) is 24.0 Å². The molecule has 0 bridgehead atoms. The highest BCUT2D eigenvalue weighted by Crippen LogP contribution is 2.07. The minimum absolute atomic E-state index is 0. The molecule has 0 radical (unpaired) electrons. The Labute approximate surface area is 181 Å². The van der Waals surface area contributed by atoms with Gasteiger partial charge in [-0.05, 0) is 26.0 Å². The molecule has 1 unspecified atom stereocenters. The molecule has 6 nitrogen and oxygen atoms in total. The van der Waals surface area contributed by atoms with E-state index in [2.05, 4.69) is 69.7 Å². The van der Waals surface area contributed by atoms with Crippen LogP contribution in [-0.4, -0.2) is 81.8 Å². The molecule has 27 heavy (non-hydrogen) atoms. The van der Waals surface area contributed by atoms with Gasteiger partial charge in [-0.3, -0.25) is 14.8 Å². The van der Waals surface area contributed by atoms with Crippen LogP contribution in [0.3, 0.4) is 0 Å². The quantitative estimate of drug-likeness (QED) is 0.316.